The molecule has 0 N–H and O–H groups in total. The molecule has 2 aromatic carbocycles. The zero-order valence-electron chi connectivity index (χ0n) is 15.5. The van der Waals surface area contributed by atoms with Crippen LogP contribution in [0.15, 0.2) is 53.4 Å². The number of halogens is 1. The highest BCUT2D eigenvalue weighted by molar-refractivity contribution is 7.90. The molecule has 6 nitrogen and oxygen atoms in total. The second-order valence-corrected chi connectivity index (χ2v) is 8.62. The molecule has 4 aromatic rings. The Bertz CT molecular complexity index is 1310. The van der Waals surface area contributed by atoms with Crippen molar-refractivity contribution in [3.8, 4) is 22.6 Å². The maximum Gasteiger partial charge on any atom is 0.175 e. The van der Waals surface area contributed by atoms with E-state index in [9.17, 15) is 12.8 Å². The van der Waals surface area contributed by atoms with Crippen LogP contribution in [0.1, 0.15) is 5.69 Å². The Kier molecular flexibility index (Phi) is 4.23. The van der Waals surface area contributed by atoms with Crippen LogP contribution in [0.25, 0.3) is 33.7 Å². The van der Waals surface area contributed by atoms with Gasteiger partial charge in [0.2, 0.25) is 0 Å². The van der Waals surface area contributed by atoms with Gasteiger partial charge in [0.25, 0.3) is 0 Å². The normalized spacial score (nSPS) is 11.9. The summed E-state index contributed by atoms with van der Waals surface area (Å²) in [7, 11) is -1.57. The number of hydrogen-bond acceptors (Lipinski definition) is 5. The van der Waals surface area contributed by atoms with Crippen molar-refractivity contribution >= 4 is 20.9 Å². The van der Waals surface area contributed by atoms with Crippen LogP contribution in [0.2, 0.25) is 0 Å². The van der Waals surface area contributed by atoms with Crippen molar-refractivity contribution in [2.24, 2.45) is 7.05 Å². The van der Waals surface area contributed by atoms with Crippen molar-refractivity contribution in [3.63, 3.8) is 0 Å². The summed E-state index contributed by atoms with van der Waals surface area (Å²) in [5, 5.41) is 4.43. The molecule has 0 saturated heterocycles. The summed E-state index contributed by atoms with van der Waals surface area (Å²) < 4.78 is 39.0. The largest absolute Gasteiger partial charge is 0.264 e. The first kappa shape index (κ1) is 18.2. The van der Waals surface area contributed by atoms with Crippen molar-refractivity contribution in [1.82, 2.24) is 19.7 Å². The van der Waals surface area contributed by atoms with Gasteiger partial charge in [0, 0.05) is 24.4 Å². The van der Waals surface area contributed by atoms with E-state index < -0.39 is 9.84 Å². The highest BCUT2D eigenvalue weighted by atomic mass is 32.2. The molecule has 0 saturated carbocycles. The van der Waals surface area contributed by atoms with Crippen LogP contribution in [0.4, 0.5) is 4.39 Å². The molecule has 142 valence electrons. The molecular formula is C20H17FN4O2S. The molecule has 0 atom stereocenters. The van der Waals surface area contributed by atoms with Gasteiger partial charge in [-0.05, 0) is 43.3 Å². The van der Waals surface area contributed by atoms with Gasteiger partial charge in [-0.3, -0.25) is 4.68 Å². The van der Waals surface area contributed by atoms with Crippen LogP contribution in [0, 0.1) is 12.7 Å². The SMILES string of the molecule is Cc1nn(C)c2c(-c3cccc(S(C)(=O)=O)c3)nc(-c3ccc(F)cc3)nc12. The van der Waals surface area contributed by atoms with Crippen molar-refractivity contribution in [1.29, 1.82) is 0 Å². The van der Waals surface area contributed by atoms with E-state index in [2.05, 4.69) is 15.1 Å². The average Bonchev–Trinajstić information content (AvgIpc) is 2.95. The van der Waals surface area contributed by atoms with Gasteiger partial charge in [0.05, 0.1) is 10.6 Å². The minimum atomic E-state index is -3.37. The van der Waals surface area contributed by atoms with E-state index in [1.54, 1.807) is 48.1 Å². The highest BCUT2D eigenvalue weighted by Crippen LogP contribution is 2.31. The summed E-state index contributed by atoms with van der Waals surface area (Å²) in [5.74, 6) is 0.0758. The molecule has 0 amide bonds. The molecule has 4 rings (SSSR count). The Morgan fingerprint density at radius 2 is 1.71 bits per heavy atom. The van der Waals surface area contributed by atoms with Gasteiger partial charge in [-0.25, -0.2) is 22.8 Å². The number of sulfone groups is 1. The number of aryl methyl sites for hydroxylation is 2. The number of rotatable bonds is 3. The van der Waals surface area contributed by atoms with Gasteiger partial charge < -0.3 is 0 Å². The van der Waals surface area contributed by atoms with Gasteiger partial charge in [0.15, 0.2) is 15.7 Å². The molecule has 0 fully saturated rings. The summed E-state index contributed by atoms with van der Waals surface area (Å²) in [6.45, 7) is 1.85. The van der Waals surface area contributed by atoms with E-state index in [4.69, 9.17) is 0 Å². The number of hydrogen-bond donors (Lipinski definition) is 0. The number of aromatic nitrogens is 4. The van der Waals surface area contributed by atoms with Crippen LogP contribution in [-0.4, -0.2) is 34.4 Å². The predicted octanol–water partition coefficient (Wildman–Crippen LogP) is 3.55. The molecule has 0 aliphatic heterocycles. The maximum atomic E-state index is 13.3. The van der Waals surface area contributed by atoms with E-state index in [0.717, 1.165) is 5.69 Å². The topological polar surface area (TPSA) is 77.7 Å². The molecular weight excluding hydrogens is 379 g/mol. The first-order valence-electron chi connectivity index (χ1n) is 8.52. The third-order valence-corrected chi connectivity index (χ3v) is 5.60. The summed E-state index contributed by atoms with van der Waals surface area (Å²) in [5.41, 5.74) is 3.96. The molecule has 8 heteroatoms. The van der Waals surface area contributed by atoms with Crippen LogP contribution < -0.4 is 0 Å². The minimum Gasteiger partial charge on any atom is -0.264 e. The van der Waals surface area contributed by atoms with Crippen LogP contribution in [0.5, 0.6) is 0 Å². The lowest BCUT2D eigenvalue weighted by molar-refractivity contribution is 0.602. The summed E-state index contributed by atoms with van der Waals surface area (Å²) in [6.07, 6.45) is 1.17. The Hall–Kier alpha value is -3.13. The van der Waals surface area contributed by atoms with Crippen molar-refractivity contribution < 1.29 is 12.8 Å². The Labute approximate surface area is 161 Å². The standard InChI is InChI=1S/C20H17FN4O2S/c1-12-17-19(25(2)24-12)18(14-5-4-6-16(11-14)28(3,26)27)23-20(22-17)13-7-9-15(21)10-8-13/h4-11H,1-3H3. The van der Waals surface area contributed by atoms with E-state index in [1.807, 2.05) is 6.92 Å². The van der Waals surface area contributed by atoms with E-state index >= 15 is 0 Å². The lowest BCUT2D eigenvalue weighted by atomic mass is 10.1. The molecule has 28 heavy (non-hydrogen) atoms. The smallest absolute Gasteiger partial charge is 0.175 e. The maximum absolute atomic E-state index is 13.3. The van der Waals surface area contributed by atoms with Crippen molar-refractivity contribution in [3.05, 3.63) is 60.0 Å². The summed E-state index contributed by atoms with van der Waals surface area (Å²) in [4.78, 5) is 9.50. The third-order valence-electron chi connectivity index (χ3n) is 4.49. The quantitative estimate of drug-likeness (QED) is 0.529. The monoisotopic (exact) mass is 396 g/mol. The first-order chi connectivity index (χ1) is 13.2. The number of benzene rings is 2. The molecule has 2 aromatic heterocycles. The Morgan fingerprint density at radius 1 is 1.00 bits per heavy atom. The van der Waals surface area contributed by atoms with Gasteiger partial charge in [-0.1, -0.05) is 12.1 Å². The van der Waals surface area contributed by atoms with Crippen LogP contribution in [-0.2, 0) is 16.9 Å². The van der Waals surface area contributed by atoms with E-state index in [-0.39, 0.29) is 10.7 Å². The number of fused-ring (bicyclic) bond motifs is 1. The fourth-order valence-corrected chi connectivity index (χ4v) is 3.81. The first-order valence-corrected chi connectivity index (χ1v) is 10.4. The fraction of sp³-hybridized carbons (Fsp3) is 0.150. The van der Waals surface area contributed by atoms with Crippen molar-refractivity contribution in [2.45, 2.75) is 11.8 Å². The summed E-state index contributed by atoms with van der Waals surface area (Å²) >= 11 is 0. The average molecular weight is 396 g/mol. The van der Waals surface area contributed by atoms with Gasteiger partial charge in [0.1, 0.15) is 22.5 Å². The van der Waals surface area contributed by atoms with Gasteiger partial charge in [-0.2, -0.15) is 5.10 Å². The molecule has 0 aliphatic carbocycles. The van der Waals surface area contributed by atoms with Crippen LogP contribution in [0.3, 0.4) is 0 Å². The van der Waals surface area contributed by atoms with E-state index in [1.165, 1.54) is 18.4 Å². The number of nitrogens with zero attached hydrogens (tertiary/aromatic N) is 4. The third kappa shape index (κ3) is 3.16. The zero-order chi connectivity index (χ0) is 20.1. The molecule has 0 bridgehead atoms. The second kappa shape index (κ2) is 6.49. The fourth-order valence-electron chi connectivity index (χ4n) is 3.14. The van der Waals surface area contributed by atoms with Crippen molar-refractivity contribution in [2.75, 3.05) is 6.26 Å². The minimum absolute atomic E-state index is 0.207. The highest BCUT2D eigenvalue weighted by Gasteiger charge is 2.18. The predicted molar refractivity (Wildman–Crippen MR) is 105 cm³/mol. The Balaban J connectivity index is 2.03. The molecule has 0 aliphatic rings. The molecule has 0 unspecified atom stereocenters. The molecule has 2 heterocycles. The lowest BCUT2D eigenvalue weighted by Crippen LogP contribution is -2.00. The second-order valence-electron chi connectivity index (χ2n) is 6.61. The summed E-state index contributed by atoms with van der Waals surface area (Å²) in [6, 6.07) is 12.5. The van der Waals surface area contributed by atoms with Gasteiger partial charge >= 0.3 is 0 Å². The van der Waals surface area contributed by atoms with Gasteiger partial charge in [-0.15, -0.1) is 0 Å². The van der Waals surface area contributed by atoms with Crippen LogP contribution >= 0.6 is 0 Å². The molecule has 0 radical (unpaired) electrons. The Morgan fingerprint density at radius 3 is 2.39 bits per heavy atom. The zero-order valence-corrected chi connectivity index (χ0v) is 16.3. The molecule has 0 spiro atoms. The lowest BCUT2D eigenvalue weighted by Gasteiger charge is -2.09. The van der Waals surface area contributed by atoms with E-state index in [0.29, 0.717) is 33.7 Å².